The number of hydrogen-bond donors (Lipinski definition) is 2. The fourth-order valence-corrected chi connectivity index (χ4v) is 1.46. The minimum atomic E-state index is -0.521. The summed E-state index contributed by atoms with van der Waals surface area (Å²) in [6.07, 6.45) is 1.27. The van der Waals surface area contributed by atoms with E-state index in [4.69, 9.17) is 22.2 Å². The predicted molar refractivity (Wildman–Crippen MR) is 64.0 cm³/mol. The van der Waals surface area contributed by atoms with E-state index in [1.807, 2.05) is 6.07 Å². The zero-order valence-corrected chi connectivity index (χ0v) is 10.3. The van der Waals surface area contributed by atoms with E-state index in [2.05, 4.69) is 17.6 Å². The number of rotatable bonds is 3. The van der Waals surface area contributed by atoms with E-state index in [0.29, 0.717) is 15.1 Å². The van der Waals surface area contributed by atoms with E-state index in [1.165, 1.54) is 0 Å². The lowest BCUT2D eigenvalue weighted by molar-refractivity contribution is 0.0347. The number of nitrogens with zero attached hydrogens (tertiary/aromatic N) is 1. The van der Waals surface area contributed by atoms with Gasteiger partial charge in [0.2, 0.25) is 0 Å². The van der Waals surface area contributed by atoms with Crippen LogP contribution in [0.3, 0.4) is 0 Å². The molecule has 0 saturated carbocycles. The molecular formula is C10H10N2O2S2. The lowest BCUT2D eigenvalue weighted by Gasteiger charge is -2.10. The largest absolute Gasteiger partial charge is 0.458 e. The van der Waals surface area contributed by atoms with Gasteiger partial charge in [-0.2, -0.15) is 5.26 Å². The second-order valence-corrected chi connectivity index (χ2v) is 4.00. The normalized spacial score (nSPS) is 11.6. The molecular weight excluding hydrogens is 244 g/mol. The van der Waals surface area contributed by atoms with Crippen LogP contribution < -0.4 is 0 Å². The number of carbonyl (C=O) groups excluding carboxylic acids is 1. The van der Waals surface area contributed by atoms with Crippen LogP contribution in [0.4, 0.5) is 0 Å². The van der Waals surface area contributed by atoms with Crippen molar-refractivity contribution in [1.82, 2.24) is 4.98 Å². The third-order valence-corrected chi connectivity index (χ3v) is 2.78. The van der Waals surface area contributed by atoms with Crippen molar-refractivity contribution in [2.24, 2.45) is 0 Å². The number of ether oxygens (including phenoxy) is 1. The monoisotopic (exact) mass is 254 g/mol. The maximum Gasteiger partial charge on any atom is 0.339 e. The SMILES string of the molecule is CC(CC#N)OC(=O)c1cc[nH]c(=S)c1S. The second-order valence-electron chi connectivity index (χ2n) is 3.15. The van der Waals surface area contributed by atoms with Crippen molar-refractivity contribution in [3.63, 3.8) is 0 Å². The Morgan fingerprint density at radius 1 is 1.81 bits per heavy atom. The maximum absolute atomic E-state index is 11.7. The number of thiol groups is 1. The van der Waals surface area contributed by atoms with Crippen LogP contribution in [0.1, 0.15) is 23.7 Å². The van der Waals surface area contributed by atoms with Crippen molar-refractivity contribution in [3.8, 4) is 6.07 Å². The van der Waals surface area contributed by atoms with Crippen LogP contribution in [0.15, 0.2) is 17.2 Å². The van der Waals surface area contributed by atoms with Crippen LogP contribution in [0.2, 0.25) is 0 Å². The molecule has 0 amide bonds. The molecule has 1 rings (SSSR count). The summed E-state index contributed by atoms with van der Waals surface area (Å²) >= 11 is 9.06. The maximum atomic E-state index is 11.7. The molecule has 1 aromatic rings. The van der Waals surface area contributed by atoms with Crippen molar-refractivity contribution in [3.05, 3.63) is 22.5 Å². The highest BCUT2D eigenvalue weighted by Crippen LogP contribution is 2.15. The topological polar surface area (TPSA) is 65.9 Å². The van der Waals surface area contributed by atoms with E-state index in [0.717, 1.165) is 0 Å². The molecule has 1 N–H and O–H groups in total. The molecule has 16 heavy (non-hydrogen) atoms. The fourth-order valence-electron chi connectivity index (χ4n) is 1.05. The van der Waals surface area contributed by atoms with E-state index < -0.39 is 12.1 Å². The van der Waals surface area contributed by atoms with Gasteiger partial charge in [-0.25, -0.2) is 4.79 Å². The Balaban J connectivity index is 2.86. The van der Waals surface area contributed by atoms with Crippen molar-refractivity contribution in [2.75, 3.05) is 0 Å². The Bertz CT molecular complexity index is 490. The lowest BCUT2D eigenvalue weighted by Crippen LogP contribution is -2.15. The summed E-state index contributed by atoms with van der Waals surface area (Å²) in [7, 11) is 0. The van der Waals surface area contributed by atoms with Gasteiger partial charge in [0, 0.05) is 6.20 Å². The number of hydrogen-bond acceptors (Lipinski definition) is 5. The molecule has 6 heteroatoms. The highest BCUT2D eigenvalue weighted by molar-refractivity contribution is 7.81. The number of H-pyrrole nitrogens is 1. The average Bonchev–Trinajstić information content (AvgIpc) is 2.22. The molecule has 0 aromatic carbocycles. The number of aromatic nitrogens is 1. The van der Waals surface area contributed by atoms with Crippen LogP contribution in [0.5, 0.6) is 0 Å². The van der Waals surface area contributed by atoms with Gasteiger partial charge in [-0.05, 0) is 13.0 Å². The van der Waals surface area contributed by atoms with Crippen molar-refractivity contribution in [1.29, 1.82) is 5.26 Å². The zero-order chi connectivity index (χ0) is 12.1. The van der Waals surface area contributed by atoms with E-state index >= 15 is 0 Å². The third-order valence-electron chi connectivity index (χ3n) is 1.84. The number of pyridine rings is 1. The number of carbonyl (C=O) groups is 1. The van der Waals surface area contributed by atoms with Gasteiger partial charge in [0.25, 0.3) is 0 Å². The molecule has 0 aliphatic carbocycles. The molecule has 0 saturated heterocycles. The van der Waals surface area contributed by atoms with Gasteiger partial charge in [-0.15, -0.1) is 12.6 Å². The molecule has 0 fully saturated rings. The number of nitriles is 1. The fraction of sp³-hybridized carbons (Fsp3) is 0.300. The van der Waals surface area contributed by atoms with Gasteiger partial charge in [-0.1, -0.05) is 12.2 Å². The van der Waals surface area contributed by atoms with Crippen LogP contribution in [0.25, 0.3) is 0 Å². The van der Waals surface area contributed by atoms with Crippen LogP contribution >= 0.6 is 24.8 Å². The second kappa shape index (κ2) is 5.68. The molecule has 0 aliphatic rings. The van der Waals surface area contributed by atoms with Gasteiger partial charge in [0.05, 0.1) is 22.9 Å². The van der Waals surface area contributed by atoms with Crippen LogP contribution in [-0.2, 0) is 4.74 Å². The molecule has 0 radical (unpaired) electrons. The summed E-state index contributed by atoms with van der Waals surface area (Å²) in [6.45, 7) is 1.66. The first-order valence-corrected chi connectivity index (χ1v) is 5.40. The summed E-state index contributed by atoms with van der Waals surface area (Å²) in [5, 5.41) is 8.44. The summed E-state index contributed by atoms with van der Waals surface area (Å²) in [4.78, 5) is 14.8. The summed E-state index contributed by atoms with van der Waals surface area (Å²) < 4.78 is 5.42. The van der Waals surface area contributed by atoms with Crippen LogP contribution in [-0.4, -0.2) is 17.1 Å². The molecule has 4 nitrogen and oxygen atoms in total. The molecule has 0 bridgehead atoms. The minimum absolute atomic E-state index is 0.160. The minimum Gasteiger partial charge on any atom is -0.458 e. The molecule has 0 aliphatic heterocycles. The van der Waals surface area contributed by atoms with Gasteiger partial charge in [0.15, 0.2) is 0 Å². The third kappa shape index (κ3) is 3.08. The number of aromatic amines is 1. The summed E-state index contributed by atoms with van der Waals surface area (Å²) in [6, 6.07) is 3.47. The average molecular weight is 254 g/mol. The predicted octanol–water partition coefficient (Wildman–Crippen LogP) is 2.49. The van der Waals surface area contributed by atoms with Crippen molar-refractivity contribution in [2.45, 2.75) is 24.3 Å². The van der Waals surface area contributed by atoms with Gasteiger partial charge < -0.3 is 9.72 Å². The molecule has 1 unspecified atom stereocenters. The zero-order valence-electron chi connectivity index (χ0n) is 8.56. The van der Waals surface area contributed by atoms with E-state index in [-0.39, 0.29) is 6.42 Å². The Hall–Kier alpha value is -1.32. The van der Waals surface area contributed by atoms with Crippen molar-refractivity contribution < 1.29 is 9.53 Å². The lowest BCUT2D eigenvalue weighted by atomic mass is 10.2. The standard InChI is InChI=1S/C10H10N2O2S2/c1-6(2-4-11)14-10(13)7-3-5-12-9(16)8(7)15/h3,5-6,15H,2H2,1H3,(H,12,16). The van der Waals surface area contributed by atoms with E-state index in [1.54, 1.807) is 19.2 Å². The Morgan fingerprint density at radius 3 is 3.12 bits per heavy atom. The molecule has 1 atom stereocenters. The smallest absolute Gasteiger partial charge is 0.339 e. The first kappa shape index (κ1) is 12.7. The molecule has 84 valence electrons. The molecule has 0 spiro atoms. The molecule has 1 aromatic heterocycles. The van der Waals surface area contributed by atoms with E-state index in [9.17, 15) is 4.79 Å². The van der Waals surface area contributed by atoms with Crippen LogP contribution in [0, 0.1) is 16.0 Å². The first-order chi connectivity index (χ1) is 7.56. The summed E-state index contributed by atoms with van der Waals surface area (Å²) in [5.41, 5.74) is 0.303. The number of esters is 1. The quantitative estimate of drug-likeness (QED) is 0.494. The van der Waals surface area contributed by atoms with Gasteiger partial charge in [-0.3, -0.25) is 0 Å². The summed E-state index contributed by atoms with van der Waals surface area (Å²) in [5.74, 6) is -0.521. The van der Waals surface area contributed by atoms with Gasteiger partial charge in [0.1, 0.15) is 10.7 Å². The Morgan fingerprint density at radius 2 is 2.50 bits per heavy atom. The highest BCUT2D eigenvalue weighted by Gasteiger charge is 2.14. The Kier molecular flexibility index (Phi) is 4.52. The molecule has 1 heterocycles. The van der Waals surface area contributed by atoms with Crippen molar-refractivity contribution >= 4 is 30.8 Å². The highest BCUT2D eigenvalue weighted by atomic mass is 32.1. The number of nitrogens with one attached hydrogen (secondary N) is 1. The Labute approximate surface area is 104 Å². The van der Waals surface area contributed by atoms with Gasteiger partial charge >= 0.3 is 5.97 Å². The first-order valence-electron chi connectivity index (χ1n) is 4.55.